The molecule has 0 heterocycles. The molecule has 1 rings (SSSR count). The maximum atomic E-state index is 11.6. The van der Waals surface area contributed by atoms with Gasteiger partial charge in [0.25, 0.3) is 0 Å². The molecule has 0 spiro atoms. The van der Waals surface area contributed by atoms with Crippen molar-refractivity contribution >= 4 is 33.2 Å². The zero-order chi connectivity index (χ0) is 12.7. The van der Waals surface area contributed by atoms with Crippen molar-refractivity contribution in [2.45, 2.75) is 31.9 Å². The summed E-state index contributed by atoms with van der Waals surface area (Å²) in [6, 6.07) is 9.56. The average molecular weight is 269 g/mol. The van der Waals surface area contributed by atoms with E-state index in [0.29, 0.717) is 6.42 Å². The smallest absolute Gasteiger partial charge is 0.225 e. The lowest BCUT2D eigenvalue weighted by atomic mass is 10.3. The van der Waals surface area contributed by atoms with Crippen molar-refractivity contribution in [2.75, 3.05) is 11.1 Å². The number of nitrogens with one attached hydrogen (secondary N) is 1. The monoisotopic (exact) mass is 269 g/mol. The van der Waals surface area contributed by atoms with Gasteiger partial charge in [-0.1, -0.05) is 60.6 Å². The summed E-state index contributed by atoms with van der Waals surface area (Å²) in [7, 11) is 3.57. The van der Waals surface area contributed by atoms with Crippen LogP contribution in [0, 0.1) is 0 Å². The molecule has 1 aromatic rings. The summed E-state index contributed by atoms with van der Waals surface area (Å²) >= 11 is 0. The van der Waals surface area contributed by atoms with Crippen molar-refractivity contribution in [3.05, 3.63) is 30.3 Å². The van der Waals surface area contributed by atoms with Crippen LogP contribution in [0.4, 0.5) is 5.69 Å². The molecule has 0 saturated carbocycles. The SMILES string of the molecule is CC(C)(C)SSCCC(=O)Nc1ccccc1. The van der Waals surface area contributed by atoms with Crippen LogP contribution in [0.2, 0.25) is 0 Å². The Kier molecular flexibility index (Phi) is 5.92. The van der Waals surface area contributed by atoms with Crippen molar-refractivity contribution in [1.82, 2.24) is 0 Å². The first-order chi connectivity index (χ1) is 7.97. The number of hydrogen-bond donors (Lipinski definition) is 1. The molecule has 0 aliphatic carbocycles. The normalized spacial score (nSPS) is 11.2. The molecule has 1 N–H and O–H groups in total. The van der Waals surface area contributed by atoms with Crippen molar-refractivity contribution in [2.24, 2.45) is 0 Å². The number of carbonyl (C=O) groups is 1. The average Bonchev–Trinajstić information content (AvgIpc) is 2.25. The largest absolute Gasteiger partial charge is 0.326 e. The molecular weight excluding hydrogens is 250 g/mol. The Morgan fingerprint density at radius 2 is 1.88 bits per heavy atom. The number of para-hydroxylation sites is 1. The number of benzene rings is 1. The predicted octanol–water partition coefficient (Wildman–Crippen LogP) is 4.20. The van der Waals surface area contributed by atoms with Crippen LogP contribution in [0.1, 0.15) is 27.2 Å². The van der Waals surface area contributed by atoms with Crippen LogP contribution < -0.4 is 5.32 Å². The van der Waals surface area contributed by atoms with E-state index in [2.05, 4.69) is 26.1 Å². The summed E-state index contributed by atoms with van der Waals surface area (Å²) in [6.07, 6.45) is 0.558. The molecule has 0 saturated heterocycles. The Bertz CT molecular complexity index is 346. The zero-order valence-corrected chi connectivity index (χ0v) is 12.2. The van der Waals surface area contributed by atoms with Gasteiger partial charge in [-0.3, -0.25) is 4.79 Å². The Labute approximate surface area is 111 Å². The van der Waals surface area contributed by atoms with E-state index in [-0.39, 0.29) is 10.7 Å². The predicted molar refractivity (Wildman–Crippen MR) is 79.5 cm³/mol. The number of rotatable bonds is 5. The van der Waals surface area contributed by atoms with Crippen LogP contribution in [0.5, 0.6) is 0 Å². The zero-order valence-electron chi connectivity index (χ0n) is 10.5. The molecule has 1 amide bonds. The van der Waals surface area contributed by atoms with Gasteiger partial charge in [-0.05, 0) is 12.1 Å². The summed E-state index contributed by atoms with van der Waals surface area (Å²) in [6.45, 7) is 6.53. The van der Waals surface area contributed by atoms with E-state index in [1.807, 2.05) is 41.1 Å². The second kappa shape index (κ2) is 6.97. The fourth-order valence-electron chi connectivity index (χ4n) is 1.10. The van der Waals surface area contributed by atoms with E-state index in [1.165, 1.54) is 0 Å². The van der Waals surface area contributed by atoms with Crippen LogP contribution >= 0.6 is 21.6 Å². The molecular formula is C13H19NOS2. The molecule has 0 aromatic heterocycles. The molecule has 4 heteroatoms. The van der Waals surface area contributed by atoms with Crippen LogP contribution in [0.25, 0.3) is 0 Å². The van der Waals surface area contributed by atoms with E-state index >= 15 is 0 Å². The lowest BCUT2D eigenvalue weighted by Gasteiger charge is -2.15. The minimum Gasteiger partial charge on any atom is -0.326 e. The van der Waals surface area contributed by atoms with Gasteiger partial charge >= 0.3 is 0 Å². The maximum absolute atomic E-state index is 11.6. The van der Waals surface area contributed by atoms with E-state index in [9.17, 15) is 4.79 Å². The summed E-state index contributed by atoms with van der Waals surface area (Å²) in [5.74, 6) is 0.929. The third-order valence-electron chi connectivity index (χ3n) is 1.78. The van der Waals surface area contributed by atoms with Crippen molar-refractivity contribution in [3.63, 3.8) is 0 Å². The summed E-state index contributed by atoms with van der Waals surface area (Å²) in [4.78, 5) is 11.6. The summed E-state index contributed by atoms with van der Waals surface area (Å²) in [5.41, 5.74) is 0.867. The molecule has 0 bridgehead atoms. The first-order valence-corrected chi connectivity index (χ1v) is 7.95. The molecule has 0 radical (unpaired) electrons. The highest BCUT2D eigenvalue weighted by atomic mass is 33.1. The standard InChI is InChI=1S/C13H19NOS2/c1-13(2,3)17-16-10-9-12(15)14-11-7-5-4-6-8-11/h4-8H,9-10H2,1-3H3,(H,14,15). The van der Waals surface area contributed by atoms with Crippen LogP contribution in [0.3, 0.4) is 0 Å². The third-order valence-corrected chi connectivity index (χ3v) is 5.12. The van der Waals surface area contributed by atoms with Crippen molar-refractivity contribution in [3.8, 4) is 0 Å². The fraction of sp³-hybridized carbons (Fsp3) is 0.462. The van der Waals surface area contributed by atoms with Gasteiger partial charge in [-0.15, -0.1) is 0 Å². The molecule has 0 aliphatic heterocycles. The van der Waals surface area contributed by atoms with Gasteiger partial charge in [0.1, 0.15) is 0 Å². The van der Waals surface area contributed by atoms with Gasteiger partial charge in [-0.2, -0.15) is 0 Å². The second-order valence-electron chi connectivity index (χ2n) is 4.68. The lowest BCUT2D eigenvalue weighted by molar-refractivity contribution is -0.115. The minimum atomic E-state index is 0.0817. The molecule has 0 unspecified atom stereocenters. The molecule has 2 nitrogen and oxygen atoms in total. The quantitative estimate of drug-likeness (QED) is 0.642. The molecule has 0 fully saturated rings. The topological polar surface area (TPSA) is 29.1 Å². The van der Waals surface area contributed by atoms with E-state index in [1.54, 1.807) is 10.8 Å². The highest BCUT2D eigenvalue weighted by Gasteiger charge is 2.11. The first-order valence-electron chi connectivity index (χ1n) is 5.63. The first kappa shape index (κ1) is 14.5. The van der Waals surface area contributed by atoms with Crippen molar-refractivity contribution < 1.29 is 4.79 Å². The number of carbonyl (C=O) groups excluding carboxylic acids is 1. The maximum Gasteiger partial charge on any atom is 0.225 e. The van der Waals surface area contributed by atoms with Gasteiger partial charge < -0.3 is 5.32 Å². The summed E-state index contributed by atoms with van der Waals surface area (Å²) < 4.78 is 0.251. The van der Waals surface area contributed by atoms with Gasteiger partial charge in [0.2, 0.25) is 5.91 Å². The van der Waals surface area contributed by atoms with Crippen molar-refractivity contribution in [1.29, 1.82) is 0 Å². The molecule has 1 aromatic carbocycles. The second-order valence-corrected chi connectivity index (χ2v) is 7.92. The fourth-order valence-corrected chi connectivity index (χ4v) is 3.36. The van der Waals surface area contributed by atoms with Gasteiger partial charge in [0, 0.05) is 22.6 Å². The number of anilines is 1. The Balaban J connectivity index is 2.18. The molecule has 94 valence electrons. The van der Waals surface area contributed by atoms with Gasteiger partial charge in [0.15, 0.2) is 0 Å². The number of amides is 1. The van der Waals surface area contributed by atoms with Crippen LogP contribution in [-0.2, 0) is 4.79 Å². The molecule has 17 heavy (non-hydrogen) atoms. The lowest BCUT2D eigenvalue weighted by Crippen LogP contribution is -2.12. The Morgan fingerprint density at radius 3 is 2.47 bits per heavy atom. The van der Waals surface area contributed by atoms with E-state index < -0.39 is 0 Å². The van der Waals surface area contributed by atoms with Crippen LogP contribution in [-0.4, -0.2) is 16.4 Å². The third kappa shape index (κ3) is 7.34. The van der Waals surface area contributed by atoms with Gasteiger partial charge in [0.05, 0.1) is 0 Å². The molecule has 0 aliphatic rings. The number of hydrogen-bond acceptors (Lipinski definition) is 3. The van der Waals surface area contributed by atoms with E-state index in [4.69, 9.17) is 0 Å². The molecule has 0 atom stereocenters. The highest BCUT2D eigenvalue weighted by Crippen LogP contribution is 2.35. The van der Waals surface area contributed by atoms with Gasteiger partial charge in [-0.25, -0.2) is 0 Å². The summed E-state index contributed by atoms with van der Waals surface area (Å²) in [5, 5.41) is 2.88. The Morgan fingerprint density at radius 1 is 1.24 bits per heavy atom. The highest BCUT2D eigenvalue weighted by molar-refractivity contribution is 8.77. The Hall–Kier alpha value is -0.610. The van der Waals surface area contributed by atoms with Crippen LogP contribution in [0.15, 0.2) is 30.3 Å². The minimum absolute atomic E-state index is 0.0817. The van der Waals surface area contributed by atoms with E-state index in [0.717, 1.165) is 11.4 Å².